The van der Waals surface area contributed by atoms with Crippen molar-refractivity contribution in [1.82, 2.24) is 14.5 Å². The van der Waals surface area contributed by atoms with Crippen molar-refractivity contribution in [3.8, 4) is 11.4 Å². The monoisotopic (exact) mass is 499 g/mol. The number of hydrogen-bond donors (Lipinski definition) is 0. The molecule has 0 radical (unpaired) electrons. The van der Waals surface area contributed by atoms with Crippen LogP contribution in [0.4, 0.5) is 13.2 Å². The molecular weight excluding hydrogens is 479 g/mol. The lowest BCUT2D eigenvalue weighted by Gasteiger charge is -2.18. The highest BCUT2D eigenvalue weighted by Gasteiger charge is 2.17. The van der Waals surface area contributed by atoms with Crippen molar-refractivity contribution in [1.29, 1.82) is 0 Å². The zero-order valence-corrected chi connectivity index (χ0v) is 19.3. The third-order valence-corrected chi connectivity index (χ3v) is 6.07. The second-order valence-electron chi connectivity index (χ2n) is 7.59. The standard InChI is InChI=1S/C25H20F3N3O3S/c1-30(14-16-6-8-17(26)9-7-16)22(32)15-35-25-29-21-5-3-2-4-20(21)23(33)31(25)18-10-12-19(13-11-18)34-24(27)28/h2-13,24H,14-15H2,1H3. The summed E-state index contributed by atoms with van der Waals surface area (Å²) in [5.41, 5.74) is 1.29. The summed E-state index contributed by atoms with van der Waals surface area (Å²) in [6.07, 6.45) is 0. The summed E-state index contributed by atoms with van der Waals surface area (Å²) in [4.78, 5) is 32.1. The summed E-state index contributed by atoms with van der Waals surface area (Å²) in [7, 11) is 1.63. The first-order valence-electron chi connectivity index (χ1n) is 10.5. The second-order valence-corrected chi connectivity index (χ2v) is 8.53. The van der Waals surface area contributed by atoms with E-state index < -0.39 is 6.61 Å². The lowest BCUT2D eigenvalue weighted by molar-refractivity contribution is -0.127. The van der Waals surface area contributed by atoms with Crippen LogP contribution in [0.3, 0.4) is 0 Å². The van der Waals surface area contributed by atoms with Gasteiger partial charge in [0, 0.05) is 13.6 Å². The summed E-state index contributed by atoms with van der Waals surface area (Å²) < 4.78 is 43.9. The molecule has 3 aromatic carbocycles. The fourth-order valence-electron chi connectivity index (χ4n) is 3.40. The minimum atomic E-state index is -2.96. The van der Waals surface area contributed by atoms with Gasteiger partial charge in [-0.3, -0.25) is 14.2 Å². The van der Waals surface area contributed by atoms with Crippen molar-refractivity contribution in [3.05, 3.63) is 94.5 Å². The largest absolute Gasteiger partial charge is 0.435 e. The van der Waals surface area contributed by atoms with Gasteiger partial charge in [-0.05, 0) is 54.1 Å². The van der Waals surface area contributed by atoms with Gasteiger partial charge in [0.25, 0.3) is 5.56 Å². The number of aromatic nitrogens is 2. The van der Waals surface area contributed by atoms with E-state index in [9.17, 15) is 22.8 Å². The van der Waals surface area contributed by atoms with E-state index in [2.05, 4.69) is 9.72 Å². The highest BCUT2D eigenvalue weighted by molar-refractivity contribution is 7.99. The average molecular weight is 500 g/mol. The van der Waals surface area contributed by atoms with Crippen LogP contribution < -0.4 is 10.3 Å². The number of halogens is 3. The number of thioether (sulfide) groups is 1. The molecule has 0 unspecified atom stereocenters. The first-order chi connectivity index (χ1) is 16.8. The number of fused-ring (bicyclic) bond motifs is 1. The first-order valence-corrected chi connectivity index (χ1v) is 11.5. The molecule has 0 saturated carbocycles. The fraction of sp³-hybridized carbons (Fsp3) is 0.160. The number of ether oxygens (including phenoxy) is 1. The molecule has 10 heteroatoms. The smallest absolute Gasteiger partial charge is 0.387 e. The number of alkyl halides is 2. The third-order valence-electron chi connectivity index (χ3n) is 5.15. The maximum absolute atomic E-state index is 13.3. The minimum absolute atomic E-state index is 0.00491. The van der Waals surface area contributed by atoms with Crippen molar-refractivity contribution in [2.24, 2.45) is 0 Å². The van der Waals surface area contributed by atoms with Gasteiger partial charge in [-0.15, -0.1) is 0 Å². The van der Waals surface area contributed by atoms with Gasteiger partial charge in [-0.25, -0.2) is 9.37 Å². The number of para-hydroxylation sites is 1. The predicted molar refractivity (Wildman–Crippen MR) is 128 cm³/mol. The second kappa shape index (κ2) is 10.6. The zero-order valence-electron chi connectivity index (χ0n) is 18.5. The topological polar surface area (TPSA) is 64.4 Å². The van der Waals surface area contributed by atoms with Crippen LogP contribution in [-0.4, -0.2) is 39.8 Å². The van der Waals surface area contributed by atoms with E-state index >= 15 is 0 Å². The van der Waals surface area contributed by atoms with Crippen LogP contribution in [0.1, 0.15) is 5.56 Å². The van der Waals surface area contributed by atoms with Crippen LogP contribution in [0, 0.1) is 5.82 Å². The molecule has 0 atom stereocenters. The summed E-state index contributed by atoms with van der Waals surface area (Å²) in [5, 5.41) is 0.657. The molecule has 0 aliphatic heterocycles. The van der Waals surface area contributed by atoms with Gasteiger partial charge < -0.3 is 9.64 Å². The van der Waals surface area contributed by atoms with Gasteiger partial charge in [0.2, 0.25) is 5.91 Å². The van der Waals surface area contributed by atoms with E-state index in [1.807, 2.05) is 0 Å². The molecule has 0 spiro atoms. The number of rotatable bonds is 8. The lowest BCUT2D eigenvalue weighted by Crippen LogP contribution is -2.28. The molecule has 1 heterocycles. The van der Waals surface area contributed by atoms with Gasteiger partial charge in [-0.2, -0.15) is 8.78 Å². The van der Waals surface area contributed by atoms with Gasteiger partial charge in [-0.1, -0.05) is 36.0 Å². The molecular formula is C25H20F3N3O3S. The minimum Gasteiger partial charge on any atom is -0.435 e. The van der Waals surface area contributed by atoms with Crippen LogP contribution >= 0.6 is 11.8 Å². The molecule has 6 nitrogen and oxygen atoms in total. The van der Waals surface area contributed by atoms with E-state index in [0.717, 1.165) is 17.3 Å². The molecule has 1 amide bonds. The normalized spacial score (nSPS) is 11.1. The van der Waals surface area contributed by atoms with Crippen LogP contribution in [0.5, 0.6) is 5.75 Å². The Balaban J connectivity index is 1.60. The van der Waals surface area contributed by atoms with Gasteiger partial charge in [0.15, 0.2) is 5.16 Å². The molecule has 0 aliphatic carbocycles. The molecule has 4 aromatic rings. The van der Waals surface area contributed by atoms with Crippen molar-refractivity contribution < 1.29 is 22.7 Å². The number of carbonyl (C=O) groups excluding carboxylic acids is 1. The maximum atomic E-state index is 13.3. The maximum Gasteiger partial charge on any atom is 0.387 e. The number of nitrogens with zero attached hydrogens (tertiary/aromatic N) is 3. The molecule has 180 valence electrons. The molecule has 0 aliphatic rings. The quantitative estimate of drug-likeness (QED) is 0.256. The van der Waals surface area contributed by atoms with E-state index in [1.54, 1.807) is 43.4 Å². The van der Waals surface area contributed by atoms with Crippen molar-refractivity contribution in [3.63, 3.8) is 0 Å². The van der Waals surface area contributed by atoms with Crippen LogP contribution in [0.2, 0.25) is 0 Å². The summed E-state index contributed by atoms with van der Waals surface area (Å²) >= 11 is 1.08. The Kier molecular flexibility index (Phi) is 7.40. The number of amides is 1. The lowest BCUT2D eigenvalue weighted by atomic mass is 10.2. The van der Waals surface area contributed by atoms with E-state index in [-0.39, 0.29) is 33.9 Å². The number of hydrogen-bond acceptors (Lipinski definition) is 5. The third kappa shape index (κ3) is 5.83. The number of benzene rings is 3. The highest BCUT2D eigenvalue weighted by Crippen LogP contribution is 2.24. The summed E-state index contributed by atoms with van der Waals surface area (Å²) in [6, 6.07) is 18.3. The van der Waals surface area contributed by atoms with Crippen LogP contribution in [0.25, 0.3) is 16.6 Å². The molecule has 0 saturated heterocycles. The fourth-order valence-corrected chi connectivity index (χ4v) is 4.36. The zero-order chi connectivity index (χ0) is 24.9. The van der Waals surface area contributed by atoms with Crippen molar-refractivity contribution in [2.75, 3.05) is 12.8 Å². The SMILES string of the molecule is CN(Cc1ccc(F)cc1)C(=O)CSc1nc2ccccc2c(=O)n1-c1ccc(OC(F)F)cc1. The first kappa shape index (κ1) is 24.3. The van der Waals surface area contributed by atoms with Gasteiger partial charge in [0.05, 0.1) is 22.3 Å². The van der Waals surface area contributed by atoms with Crippen molar-refractivity contribution in [2.45, 2.75) is 18.3 Å². The molecule has 4 rings (SSSR count). The van der Waals surface area contributed by atoms with E-state index in [1.165, 1.54) is 45.9 Å². The Morgan fingerprint density at radius 3 is 2.43 bits per heavy atom. The van der Waals surface area contributed by atoms with E-state index in [0.29, 0.717) is 23.1 Å². The predicted octanol–water partition coefficient (Wildman–Crippen LogP) is 4.88. The highest BCUT2D eigenvalue weighted by atomic mass is 32.2. The molecule has 1 aromatic heterocycles. The molecule has 0 bridgehead atoms. The van der Waals surface area contributed by atoms with Crippen LogP contribution in [0.15, 0.2) is 82.7 Å². The van der Waals surface area contributed by atoms with Crippen LogP contribution in [-0.2, 0) is 11.3 Å². The molecule has 0 fully saturated rings. The summed E-state index contributed by atoms with van der Waals surface area (Å²) in [5.74, 6) is -0.617. The van der Waals surface area contributed by atoms with Crippen molar-refractivity contribution >= 4 is 28.6 Å². The Bertz CT molecular complexity index is 1390. The molecule has 0 N–H and O–H groups in total. The Morgan fingerprint density at radius 1 is 1.06 bits per heavy atom. The summed E-state index contributed by atoms with van der Waals surface area (Å²) in [6.45, 7) is -2.67. The Hall–Kier alpha value is -3.79. The Labute approximate surface area is 203 Å². The Morgan fingerprint density at radius 2 is 1.74 bits per heavy atom. The van der Waals surface area contributed by atoms with Gasteiger partial charge >= 0.3 is 6.61 Å². The number of carbonyl (C=O) groups is 1. The van der Waals surface area contributed by atoms with Gasteiger partial charge in [0.1, 0.15) is 11.6 Å². The molecule has 35 heavy (non-hydrogen) atoms. The van der Waals surface area contributed by atoms with E-state index in [4.69, 9.17) is 0 Å². The average Bonchev–Trinajstić information content (AvgIpc) is 2.84.